The highest BCUT2D eigenvalue weighted by Gasteiger charge is 2.16. The third-order valence-electron chi connectivity index (χ3n) is 6.18. The van der Waals surface area contributed by atoms with Gasteiger partial charge in [-0.1, -0.05) is 24.3 Å². The number of hydrogen-bond donors (Lipinski definition) is 4. The molecule has 0 aromatic heterocycles. The van der Waals surface area contributed by atoms with Crippen LogP contribution in [0.25, 0.3) is 6.08 Å². The van der Waals surface area contributed by atoms with Crippen molar-refractivity contribution >= 4 is 52.8 Å². The Bertz CT molecular complexity index is 1670. The summed E-state index contributed by atoms with van der Waals surface area (Å²) in [6.45, 7) is 0. The van der Waals surface area contributed by atoms with E-state index in [4.69, 9.17) is 15.2 Å². The monoisotopic (exact) mass is 610 g/mol. The van der Waals surface area contributed by atoms with Crippen molar-refractivity contribution in [1.29, 1.82) is 0 Å². The van der Waals surface area contributed by atoms with Gasteiger partial charge in [0.2, 0.25) is 11.8 Å². The van der Waals surface area contributed by atoms with Crippen LogP contribution in [0.5, 0.6) is 11.5 Å². The van der Waals surface area contributed by atoms with Gasteiger partial charge in [-0.05, 0) is 84.4 Å². The fourth-order valence-corrected chi connectivity index (χ4v) is 4.65. The molecular weight excluding hydrogens is 580 g/mol. The molecule has 4 amide bonds. The summed E-state index contributed by atoms with van der Waals surface area (Å²) in [7, 11) is 3.04. The molecule has 0 heterocycles. The molecule has 0 radical (unpaired) electrons. The lowest BCUT2D eigenvalue weighted by Crippen LogP contribution is -2.30. The predicted octanol–water partition coefficient (Wildman–Crippen LogP) is 4.94. The maximum absolute atomic E-state index is 13.4. The molecule has 0 saturated heterocycles. The van der Waals surface area contributed by atoms with Crippen molar-refractivity contribution in [2.75, 3.05) is 30.6 Å². The lowest BCUT2D eigenvalue weighted by atomic mass is 10.1. The van der Waals surface area contributed by atoms with E-state index in [1.165, 1.54) is 26.0 Å². The number of methoxy groups -OCH3 is 2. The molecule has 4 aromatic rings. The van der Waals surface area contributed by atoms with Crippen LogP contribution in [0.3, 0.4) is 0 Å². The minimum Gasteiger partial charge on any atom is -0.493 e. The molecule has 0 aliphatic heterocycles. The fourth-order valence-electron chi connectivity index (χ4n) is 3.95. The minimum absolute atomic E-state index is 0.0186. The molecule has 224 valence electrons. The number of ether oxygens (including phenoxy) is 2. The number of nitrogens with one attached hydrogen (secondary N) is 3. The van der Waals surface area contributed by atoms with Crippen LogP contribution in [0.1, 0.15) is 26.3 Å². The summed E-state index contributed by atoms with van der Waals surface area (Å²) in [5.41, 5.74) is 7.66. The van der Waals surface area contributed by atoms with Crippen LogP contribution in [-0.2, 0) is 9.59 Å². The quantitative estimate of drug-likeness (QED) is 0.131. The van der Waals surface area contributed by atoms with Crippen molar-refractivity contribution in [2.45, 2.75) is 4.90 Å². The van der Waals surface area contributed by atoms with Crippen LogP contribution < -0.4 is 31.2 Å². The maximum atomic E-state index is 13.4. The SMILES string of the molecule is COc1ccc(/C=C(\NC(=O)c2ccccc2)C(=O)Nc2ccc(SCC(=O)Nc3ccc(C(N)=O)cc3)cc2)cc1OC. The Morgan fingerprint density at radius 1 is 0.750 bits per heavy atom. The lowest BCUT2D eigenvalue weighted by Gasteiger charge is -2.13. The molecule has 0 atom stereocenters. The molecule has 0 aliphatic rings. The van der Waals surface area contributed by atoms with E-state index in [1.54, 1.807) is 103 Å². The Hall–Kier alpha value is -5.55. The second-order valence-electron chi connectivity index (χ2n) is 9.25. The van der Waals surface area contributed by atoms with E-state index in [9.17, 15) is 19.2 Å². The average molecular weight is 611 g/mol. The summed E-state index contributed by atoms with van der Waals surface area (Å²) >= 11 is 1.31. The summed E-state index contributed by atoms with van der Waals surface area (Å²) in [4.78, 5) is 50.7. The first-order valence-corrected chi connectivity index (χ1v) is 14.3. The Labute approximate surface area is 258 Å². The highest BCUT2D eigenvalue weighted by atomic mass is 32.2. The summed E-state index contributed by atoms with van der Waals surface area (Å²) in [5.74, 6) is -0.602. The van der Waals surface area contributed by atoms with Crippen LogP contribution in [-0.4, -0.2) is 43.6 Å². The molecule has 4 aromatic carbocycles. The van der Waals surface area contributed by atoms with Crippen molar-refractivity contribution in [3.05, 3.63) is 119 Å². The molecule has 5 N–H and O–H groups in total. The largest absolute Gasteiger partial charge is 0.493 e. The first kappa shape index (κ1) is 31.4. The predicted molar refractivity (Wildman–Crippen MR) is 171 cm³/mol. The number of benzene rings is 4. The maximum Gasteiger partial charge on any atom is 0.272 e. The Kier molecular flexibility index (Phi) is 10.8. The van der Waals surface area contributed by atoms with Gasteiger partial charge in [0.05, 0.1) is 20.0 Å². The number of rotatable bonds is 12. The number of carbonyl (C=O) groups excluding carboxylic acids is 4. The fraction of sp³-hybridized carbons (Fsp3) is 0.0909. The van der Waals surface area contributed by atoms with E-state index in [-0.39, 0.29) is 17.4 Å². The third kappa shape index (κ3) is 8.73. The van der Waals surface area contributed by atoms with E-state index in [1.807, 2.05) is 0 Å². The molecular formula is C33H30N4O6S. The van der Waals surface area contributed by atoms with Gasteiger partial charge in [-0.3, -0.25) is 19.2 Å². The van der Waals surface area contributed by atoms with Crippen LogP contribution in [0.15, 0.2) is 108 Å². The van der Waals surface area contributed by atoms with Gasteiger partial charge in [0.15, 0.2) is 11.5 Å². The van der Waals surface area contributed by atoms with E-state index in [0.717, 1.165) is 4.90 Å². The Balaban J connectivity index is 1.42. The van der Waals surface area contributed by atoms with E-state index in [2.05, 4.69) is 16.0 Å². The van der Waals surface area contributed by atoms with Crippen LogP contribution in [0.4, 0.5) is 11.4 Å². The van der Waals surface area contributed by atoms with E-state index >= 15 is 0 Å². The smallest absolute Gasteiger partial charge is 0.272 e. The summed E-state index contributed by atoms with van der Waals surface area (Å²) in [6.07, 6.45) is 1.54. The number of carbonyl (C=O) groups is 4. The van der Waals surface area contributed by atoms with Gasteiger partial charge in [0.25, 0.3) is 11.8 Å². The third-order valence-corrected chi connectivity index (χ3v) is 7.19. The summed E-state index contributed by atoms with van der Waals surface area (Å²) in [6, 6.07) is 26.9. The molecule has 0 spiro atoms. The van der Waals surface area contributed by atoms with Gasteiger partial charge in [-0.15, -0.1) is 11.8 Å². The number of nitrogens with two attached hydrogens (primary N) is 1. The first-order valence-electron chi connectivity index (χ1n) is 13.3. The van der Waals surface area contributed by atoms with E-state index in [0.29, 0.717) is 39.6 Å². The van der Waals surface area contributed by atoms with Crippen LogP contribution >= 0.6 is 11.8 Å². The van der Waals surface area contributed by atoms with Gasteiger partial charge in [-0.2, -0.15) is 0 Å². The van der Waals surface area contributed by atoms with Crippen molar-refractivity contribution < 1.29 is 28.7 Å². The van der Waals surface area contributed by atoms with Gasteiger partial charge in [-0.25, -0.2) is 0 Å². The second kappa shape index (κ2) is 15.1. The average Bonchev–Trinajstić information content (AvgIpc) is 3.04. The molecule has 0 unspecified atom stereocenters. The van der Waals surface area contributed by atoms with Gasteiger partial charge >= 0.3 is 0 Å². The minimum atomic E-state index is -0.542. The van der Waals surface area contributed by atoms with Crippen molar-refractivity contribution in [3.63, 3.8) is 0 Å². The standard InChI is InChI=1S/C33H30N4O6S/c1-42-28-17-8-21(19-29(28)43-2)18-27(37-32(40)23-6-4-3-5-7-23)33(41)36-25-13-15-26(16-14-25)44-20-30(38)35-24-11-9-22(10-12-24)31(34)39/h3-19H,20H2,1-2H3,(H2,34,39)(H,35,38)(H,36,41)(H,37,40)/b27-18-. The van der Waals surface area contributed by atoms with Crippen LogP contribution in [0.2, 0.25) is 0 Å². The van der Waals surface area contributed by atoms with Crippen molar-refractivity contribution in [2.24, 2.45) is 5.73 Å². The zero-order valence-corrected chi connectivity index (χ0v) is 24.8. The number of primary amides is 1. The van der Waals surface area contributed by atoms with Gasteiger partial charge in [0, 0.05) is 27.4 Å². The Morgan fingerprint density at radius 3 is 2.02 bits per heavy atom. The molecule has 4 rings (SSSR count). The number of hydrogen-bond acceptors (Lipinski definition) is 7. The second-order valence-corrected chi connectivity index (χ2v) is 10.3. The Morgan fingerprint density at radius 2 is 1.39 bits per heavy atom. The zero-order chi connectivity index (χ0) is 31.5. The molecule has 11 heteroatoms. The lowest BCUT2D eigenvalue weighted by molar-refractivity contribution is -0.114. The number of thioether (sulfide) groups is 1. The number of amides is 4. The first-order chi connectivity index (χ1) is 21.2. The van der Waals surface area contributed by atoms with Crippen molar-refractivity contribution in [1.82, 2.24) is 5.32 Å². The molecule has 44 heavy (non-hydrogen) atoms. The zero-order valence-electron chi connectivity index (χ0n) is 24.0. The van der Waals surface area contributed by atoms with Crippen molar-refractivity contribution in [3.8, 4) is 11.5 Å². The highest BCUT2D eigenvalue weighted by Crippen LogP contribution is 2.28. The van der Waals surface area contributed by atoms with Crippen LogP contribution in [0, 0.1) is 0 Å². The number of anilines is 2. The molecule has 0 aliphatic carbocycles. The highest BCUT2D eigenvalue weighted by molar-refractivity contribution is 8.00. The molecule has 0 saturated carbocycles. The molecule has 0 fully saturated rings. The van der Waals surface area contributed by atoms with Gasteiger partial charge in [0.1, 0.15) is 5.70 Å². The summed E-state index contributed by atoms with van der Waals surface area (Å²) in [5, 5.41) is 8.28. The molecule has 0 bridgehead atoms. The van der Waals surface area contributed by atoms with E-state index < -0.39 is 17.7 Å². The molecule has 10 nitrogen and oxygen atoms in total. The normalized spacial score (nSPS) is 10.8. The van der Waals surface area contributed by atoms with Gasteiger partial charge < -0.3 is 31.2 Å². The topological polar surface area (TPSA) is 149 Å². The summed E-state index contributed by atoms with van der Waals surface area (Å²) < 4.78 is 10.7.